The third-order valence-electron chi connectivity index (χ3n) is 7.28. The number of nitrogens with zero attached hydrogens (tertiary/aromatic N) is 1. The van der Waals surface area contributed by atoms with Crippen molar-refractivity contribution in [1.29, 1.82) is 0 Å². The van der Waals surface area contributed by atoms with Gasteiger partial charge in [0.2, 0.25) is 0 Å². The fraction of sp³-hybridized carbons (Fsp3) is 0.182. The van der Waals surface area contributed by atoms with E-state index in [1.807, 2.05) is 60.7 Å². The highest BCUT2D eigenvalue weighted by Crippen LogP contribution is 2.45. The number of halogens is 6. The fourth-order valence-electron chi connectivity index (χ4n) is 5.31. The molecule has 0 atom stereocenters. The van der Waals surface area contributed by atoms with Gasteiger partial charge >= 0.3 is 12.4 Å². The van der Waals surface area contributed by atoms with Gasteiger partial charge in [0.15, 0.2) is 5.11 Å². The zero-order valence-electron chi connectivity index (χ0n) is 23.2. The minimum atomic E-state index is -4.98. The largest absolute Gasteiger partial charge is 0.416 e. The van der Waals surface area contributed by atoms with Gasteiger partial charge in [0.25, 0.3) is 0 Å². The molecule has 43 heavy (non-hydrogen) atoms. The maximum atomic E-state index is 13.5. The molecule has 0 saturated carbocycles. The summed E-state index contributed by atoms with van der Waals surface area (Å²) in [7, 11) is 0. The first-order valence-electron chi connectivity index (χ1n) is 13.6. The normalized spacial score (nSPS) is 12.0. The van der Waals surface area contributed by atoms with Crippen molar-refractivity contribution in [1.82, 2.24) is 0 Å². The Morgan fingerprint density at radius 1 is 0.651 bits per heavy atom. The van der Waals surface area contributed by atoms with Gasteiger partial charge in [-0.15, -0.1) is 0 Å². The van der Waals surface area contributed by atoms with E-state index in [1.165, 1.54) is 0 Å². The maximum absolute atomic E-state index is 13.5. The predicted molar refractivity (Wildman–Crippen MR) is 167 cm³/mol. The SMILES string of the molecule is CCN(CC)c1ccc2ccccc2c1-c1c(NC(=S)Nc2cc(C(F)(F)F)cc(C(F)(F)F)c2)ccc2ccccc12. The molecular formula is C33H27F6N3S. The van der Waals surface area contributed by atoms with Crippen molar-refractivity contribution in [2.75, 3.05) is 28.6 Å². The van der Waals surface area contributed by atoms with Gasteiger partial charge in [-0.25, -0.2) is 0 Å². The van der Waals surface area contributed by atoms with Crippen molar-refractivity contribution in [3.8, 4) is 11.1 Å². The summed E-state index contributed by atoms with van der Waals surface area (Å²) in [5.41, 5.74) is -0.0322. The number of thiocarbonyl (C=S) groups is 1. The Balaban J connectivity index is 1.66. The van der Waals surface area contributed by atoms with Crippen LogP contribution in [0.4, 0.5) is 43.4 Å². The summed E-state index contributed by atoms with van der Waals surface area (Å²) in [5, 5.41) is 9.31. The molecule has 0 radical (unpaired) electrons. The highest BCUT2D eigenvalue weighted by atomic mass is 32.1. The van der Waals surface area contributed by atoms with E-state index < -0.39 is 29.2 Å². The van der Waals surface area contributed by atoms with E-state index >= 15 is 0 Å². The molecule has 0 aliphatic rings. The molecule has 0 spiro atoms. The van der Waals surface area contributed by atoms with E-state index in [4.69, 9.17) is 12.2 Å². The predicted octanol–water partition coefficient (Wildman–Crippen LogP) is 10.4. The van der Waals surface area contributed by atoms with Crippen LogP contribution in [0.1, 0.15) is 25.0 Å². The summed E-state index contributed by atoms with van der Waals surface area (Å²) in [6.07, 6.45) is -9.96. The number of nitrogens with one attached hydrogen (secondary N) is 2. The zero-order valence-corrected chi connectivity index (χ0v) is 24.0. The lowest BCUT2D eigenvalue weighted by Crippen LogP contribution is -2.23. The van der Waals surface area contributed by atoms with Gasteiger partial charge < -0.3 is 15.5 Å². The monoisotopic (exact) mass is 611 g/mol. The molecule has 5 rings (SSSR count). The number of hydrogen-bond acceptors (Lipinski definition) is 2. The molecule has 0 bridgehead atoms. The highest BCUT2D eigenvalue weighted by Gasteiger charge is 2.37. The molecule has 0 aliphatic heterocycles. The Bertz CT molecular complexity index is 1780. The minimum absolute atomic E-state index is 0.0817. The van der Waals surface area contributed by atoms with Gasteiger partial charge in [0.05, 0.1) is 11.1 Å². The van der Waals surface area contributed by atoms with Gasteiger partial charge in [-0.3, -0.25) is 0 Å². The lowest BCUT2D eigenvalue weighted by atomic mass is 9.90. The lowest BCUT2D eigenvalue weighted by molar-refractivity contribution is -0.143. The smallest absolute Gasteiger partial charge is 0.372 e. The van der Waals surface area contributed by atoms with Crippen LogP contribution in [-0.2, 0) is 12.4 Å². The average molecular weight is 612 g/mol. The molecule has 3 nitrogen and oxygen atoms in total. The second kappa shape index (κ2) is 11.8. The van der Waals surface area contributed by atoms with Gasteiger partial charge in [-0.1, -0.05) is 60.7 Å². The highest BCUT2D eigenvalue weighted by molar-refractivity contribution is 7.80. The van der Waals surface area contributed by atoms with Crippen LogP contribution in [0.2, 0.25) is 0 Å². The van der Waals surface area contributed by atoms with Crippen LogP contribution in [0.3, 0.4) is 0 Å². The minimum Gasteiger partial charge on any atom is -0.372 e. The second-order valence-electron chi connectivity index (χ2n) is 9.94. The lowest BCUT2D eigenvalue weighted by Gasteiger charge is -2.27. The standard InChI is InChI=1S/C33H27F6N3S/c1-3-42(4-2)28-16-14-21-10-6-8-12-26(21)30(28)29-25-11-7-5-9-20(25)13-15-27(29)41-31(43)40-24-18-22(32(34,35)36)17-23(19-24)33(37,38)39/h5-19H,3-4H2,1-2H3,(H2,40,41,43). The molecule has 0 saturated heterocycles. The Labute approximate surface area is 250 Å². The molecule has 0 aliphatic carbocycles. The third kappa shape index (κ3) is 6.24. The van der Waals surface area contributed by atoms with Gasteiger partial charge in [-0.05, 0) is 77.9 Å². The number of alkyl halides is 6. The van der Waals surface area contributed by atoms with Crippen LogP contribution in [0.15, 0.2) is 91.0 Å². The third-order valence-corrected chi connectivity index (χ3v) is 7.49. The van der Waals surface area contributed by atoms with Gasteiger partial charge in [0, 0.05) is 41.3 Å². The Morgan fingerprint density at radius 2 is 1.16 bits per heavy atom. The molecule has 222 valence electrons. The molecule has 0 unspecified atom stereocenters. The summed E-state index contributed by atoms with van der Waals surface area (Å²) in [4.78, 5) is 2.23. The molecule has 2 N–H and O–H groups in total. The molecule has 5 aromatic carbocycles. The van der Waals surface area contributed by atoms with Crippen LogP contribution in [0.25, 0.3) is 32.7 Å². The number of rotatable bonds is 6. The fourth-order valence-corrected chi connectivity index (χ4v) is 5.54. The number of benzene rings is 5. The first-order chi connectivity index (χ1) is 20.4. The van der Waals surface area contributed by atoms with Crippen molar-refractivity contribution in [3.05, 3.63) is 102 Å². The average Bonchev–Trinajstić information content (AvgIpc) is 2.96. The number of anilines is 3. The summed E-state index contributed by atoms with van der Waals surface area (Å²) >= 11 is 5.45. The van der Waals surface area contributed by atoms with E-state index in [1.54, 1.807) is 0 Å². The Morgan fingerprint density at radius 3 is 1.70 bits per heavy atom. The number of fused-ring (bicyclic) bond motifs is 2. The molecule has 0 fully saturated rings. The second-order valence-corrected chi connectivity index (χ2v) is 10.3. The van der Waals surface area contributed by atoms with Gasteiger partial charge in [0.1, 0.15) is 0 Å². The van der Waals surface area contributed by atoms with Crippen LogP contribution in [0, 0.1) is 0 Å². The van der Waals surface area contributed by atoms with E-state index in [0.29, 0.717) is 17.8 Å². The Kier molecular flexibility index (Phi) is 8.25. The van der Waals surface area contributed by atoms with E-state index in [-0.39, 0.29) is 11.2 Å². The number of hydrogen-bond donors (Lipinski definition) is 2. The molecule has 0 aromatic heterocycles. The topological polar surface area (TPSA) is 27.3 Å². The van der Waals surface area contributed by atoms with Crippen molar-refractivity contribution in [2.24, 2.45) is 0 Å². The van der Waals surface area contributed by atoms with E-state index in [2.05, 4.69) is 41.5 Å². The molecular weight excluding hydrogens is 584 g/mol. The zero-order chi connectivity index (χ0) is 30.9. The Hall–Kier alpha value is -4.31. The van der Waals surface area contributed by atoms with E-state index in [9.17, 15) is 26.3 Å². The summed E-state index contributed by atoms with van der Waals surface area (Å²) < 4.78 is 80.7. The first kappa shape index (κ1) is 30.2. The van der Waals surface area contributed by atoms with Crippen molar-refractivity contribution >= 4 is 55.9 Å². The van der Waals surface area contributed by atoms with Crippen LogP contribution >= 0.6 is 12.2 Å². The molecule has 0 heterocycles. The summed E-state index contributed by atoms with van der Waals surface area (Å²) in [6, 6.07) is 24.8. The van der Waals surface area contributed by atoms with Crippen LogP contribution < -0.4 is 15.5 Å². The molecule has 10 heteroatoms. The quantitative estimate of drug-likeness (QED) is 0.148. The molecule has 0 amide bonds. The van der Waals surface area contributed by atoms with E-state index in [0.717, 1.165) is 51.4 Å². The van der Waals surface area contributed by atoms with Crippen LogP contribution in [-0.4, -0.2) is 18.2 Å². The van der Waals surface area contributed by atoms with Crippen molar-refractivity contribution in [3.63, 3.8) is 0 Å². The van der Waals surface area contributed by atoms with Crippen molar-refractivity contribution < 1.29 is 26.3 Å². The maximum Gasteiger partial charge on any atom is 0.416 e. The van der Waals surface area contributed by atoms with Crippen LogP contribution in [0.5, 0.6) is 0 Å². The summed E-state index contributed by atoms with van der Waals surface area (Å²) in [6.45, 7) is 5.61. The summed E-state index contributed by atoms with van der Waals surface area (Å²) in [5.74, 6) is 0. The van der Waals surface area contributed by atoms with Gasteiger partial charge in [-0.2, -0.15) is 26.3 Å². The van der Waals surface area contributed by atoms with Crippen molar-refractivity contribution in [2.45, 2.75) is 26.2 Å². The first-order valence-corrected chi connectivity index (χ1v) is 14.0. The molecule has 5 aromatic rings.